The summed E-state index contributed by atoms with van der Waals surface area (Å²) in [6.07, 6.45) is 1.35. The lowest BCUT2D eigenvalue weighted by molar-refractivity contribution is 0.0696. The summed E-state index contributed by atoms with van der Waals surface area (Å²) in [5.41, 5.74) is -0.0323. The Morgan fingerprint density at radius 1 is 1.19 bits per heavy atom. The van der Waals surface area contributed by atoms with Crippen LogP contribution in [0.15, 0.2) is 41.3 Å². The number of aromatic carboxylic acids is 1. The second-order valence-electron chi connectivity index (χ2n) is 4.12. The number of aromatic amines is 1. The first-order chi connectivity index (χ1) is 10.0. The predicted molar refractivity (Wildman–Crippen MR) is 75.0 cm³/mol. The van der Waals surface area contributed by atoms with Gasteiger partial charge in [0.2, 0.25) is 5.56 Å². The van der Waals surface area contributed by atoms with Crippen molar-refractivity contribution in [2.45, 2.75) is 0 Å². The van der Waals surface area contributed by atoms with Crippen LogP contribution in [0, 0.1) is 0 Å². The van der Waals surface area contributed by atoms with Gasteiger partial charge in [0.15, 0.2) is 0 Å². The molecule has 0 saturated carbocycles. The Labute approximate surface area is 119 Å². The molecule has 2 rings (SSSR count). The maximum Gasteiger partial charge on any atom is 0.335 e. The first-order valence-electron chi connectivity index (χ1n) is 5.92. The average molecular weight is 288 g/mol. The van der Waals surface area contributed by atoms with Crippen molar-refractivity contribution in [3.05, 3.63) is 58.0 Å². The Morgan fingerprint density at radius 2 is 1.95 bits per heavy atom. The van der Waals surface area contributed by atoms with E-state index in [2.05, 4.69) is 10.3 Å². The van der Waals surface area contributed by atoms with Crippen molar-refractivity contribution in [3.8, 4) is 5.75 Å². The van der Waals surface area contributed by atoms with Crippen molar-refractivity contribution in [2.24, 2.45) is 0 Å². The molecule has 1 amide bonds. The monoisotopic (exact) mass is 288 g/mol. The molecule has 0 aliphatic carbocycles. The number of benzene rings is 1. The highest BCUT2D eigenvalue weighted by molar-refractivity contribution is 6.05. The summed E-state index contributed by atoms with van der Waals surface area (Å²) < 4.78 is 5.06. The lowest BCUT2D eigenvalue weighted by Gasteiger charge is -2.10. The molecule has 0 unspecified atom stereocenters. The topological polar surface area (TPSA) is 108 Å². The molecule has 0 saturated heterocycles. The molecule has 7 heteroatoms. The van der Waals surface area contributed by atoms with Crippen LogP contribution in [0.1, 0.15) is 20.7 Å². The minimum Gasteiger partial charge on any atom is -0.495 e. The number of aromatic nitrogens is 1. The zero-order valence-electron chi connectivity index (χ0n) is 11.0. The predicted octanol–water partition coefficient (Wildman–Crippen LogP) is 1.33. The van der Waals surface area contributed by atoms with Gasteiger partial charge in [0.05, 0.1) is 18.4 Å². The number of carboxylic acids is 1. The van der Waals surface area contributed by atoms with Crippen molar-refractivity contribution < 1.29 is 19.4 Å². The molecule has 1 heterocycles. The van der Waals surface area contributed by atoms with Crippen molar-refractivity contribution >= 4 is 17.6 Å². The lowest BCUT2D eigenvalue weighted by atomic mass is 10.1. The molecule has 0 bridgehead atoms. The van der Waals surface area contributed by atoms with Gasteiger partial charge in [-0.1, -0.05) is 0 Å². The van der Waals surface area contributed by atoms with Crippen LogP contribution >= 0.6 is 0 Å². The molecular weight excluding hydrogens is 276 g/mol. The van der Waals surface area contributed by atoms with Gasteiger partial charge >= 0.3 is 5.97 Å². The summed E-state index contributed by atoms with van der Waals surface area (Å²) in [4.78, 5) is 36.6. The van der Waals surface area contributed by atoms with E-state index in [-0.39, 0.29) is 16.8 Å². The van der Waals surface area contributed by atoms with E-state index < -0.39 is 17.4 Å². The normalized spacial score (nSPS) is 9.95. The van der Waals surface area contributed by atoms with E-state index in [1.807, 2.05) is 0 Å². The van der Waals surface area contributed by atoms with Gasteiger partial charge in [0.1, 0.15) is 5.75 Å². The molecular formula is C14H12N2O5. The van der Waals surface area contributed by atoms with Crippen LogP contribution < -0.4 is 15.6 Å². The third kappa shape index (κ3) is 3.27. The Hall–Kier alpha value is -3.09. The SMILES string of the molecule is COc1ccc(C(=O)O)cc1NC(=O)c1cc[nH]c(=O)c1. The second-order valence-corrected chi connectivity index (χ2v) is 4.12. The summed E-state index contributed by atoms with van der Waals surface area (Å²) in [6.45, 7) is 0. The van der Waals surface area contributed by atoms with Crippen LogP contribution in [-0.2, 0) is 0 Å². The Morgan fingerprint density at radius 3 is 2.57 bits per heavy atom. The summed E-state index contributed by atoms with van der Waals surface area (Å²) in [5, 5.41) is 11.5. The van der Waals surface area contributed by atoms with Crippen molar-refractivity contribution in [3.63, 3.8) is 0 Å². The van der Waals surface area contributed by atoms with Crippen LogP contribution in [0.4, 0.5) is 5.69 Å². The first kappa shape index (κ1) is 14.3. The average Bonchev–Trinajstić information content (AvgIpc) is 2.47. The molecule has 108 valence electrons. The van der Waals surface area contributed by atoms with Gasteiger partial charge in [-0.05, 0) is 24.3 Å². The molecule has 3 N–H and O–H groups in total. The molecule has 1 aromatic carbocycles. The minimum absolute atomic E-state index is 0.0111. The molecule has 21 heavy (non-hydrogen) atoms. The molecule has 0 radical (unpaired) electrons. The smallest absolute Gasteiger partial charge is 0.335 e. The zero-order valence-corrected chi connectivity index (χ0v) is 11.0. The zero-order chi connectivity index (χ0) is 15.4. The first-order valence-corrected chi connectivity index (χ1v) is 5.92. The third-order valence-corrected chi connectivity index (χ3v) is 2.73. The number of nitrogens with one attached hydrogen (secondary N) is 2. The Balaban J connectivity index is 2.33. The van der Waals surface area contributed by atoms with Crippen molar-refractivity contribution in [1.29, 1.82) is 0 Å². The highest BCUT2D eigenvalue weighted by atomic mass is 16.5. The highest BCUT2D eigenvalue weighted by Crippen LogP contribution is 2.26. The van der Waals surface area contributed by atoms with E-state index in [4.69, 9.17) is 9.84 Å². The molecule has 0 atom stereocenters. The van der Waals surface area contributed by atoms with E-state index in [1.54, 1.807) is 0 Å². The van der Waals surface area contributed by atoms with Crippen LogP contribution in [0.25, 0.3) is 0 Å². The van der Waals surface area contributed by atoms with Crippen LogP contribution in [0.5, 0.6) is 5.75 Å². The standard InChI is InChI=1S/C14H12N2O5/c1-21-11-3-2-9(14(19)20)6-10(11)16-13(18)8-4-5-15-12(17)7-8/h2-7H,1H3,(H,15,17)(H,16,18)(H,19,20). The second kappa shape index (κ2) is 5.91. The summed E-state index contributed by atoms with van der Waals surface area (Å²) >= 11 is 0. The van der Waals surface area contributed by atoms with Crippen molar-refractivity contribution in [2.75, 3.05) is 12.4 Å². The summed E-state index contributed by atoms with van der Waals surface area (Å²) in [7, 11) is 1.40. The fourth-order valence-electron chi connectivity index (χ4n) is 1.72. The number of ether oxygens (including phenoxy) is 1. The summed E-state index contributed by atoms with van der Waals surface area (Å²) in [5.74, 6) is -1.34. The fourth-order valence-corrected chi connectivity index (χ4v) is 1.72. The van der Waals surface area contributed by atoms with Crippen LogP contribution in [-0.4, -0.2) is 29.1 Å². The Kier molecular flexibility index (Phi) is 4.03. The fraction of sp³-hybridized carbons (Fsp3) is 0.0714. The number of hydrogen-bond donors (Lipinski definition) is 3. The van der Waals surface area contributed by atoms with Gasteiger partial charge in [0, 0.05) is 17.8 Å². The largest absolute Gasteiger partial charge is 0.495 e. The maximum absolute atomic E-state index is 12.0. The van der Waals surface area contributed by atoms with E-state index in [0.717, 1.165) is 6.07 Å². The van der Waals surface area contributed by atoms with Crippen LogP contribution in [0.3, 0.4) is 0 Å². The minimum atomic E-state index is -1.12. The van der Waals surface area contributed by atoms with Gasteiger partial charge in [-0.2, -0.15) is 0 Å². The maximum atomic E-state index is 12.0. The number of methoxy groups -OCH3 is 1. The molecule has 0 aliphatic heterocycles. The van der Waals surface area contributed by atoms with Gasteiger partial charge in [-0.15, -0.1) is 0 Å². The number of anilines is 1. The Bertz CT molecular complexity index is 751. The number of carbonyl (C=O) groups is 2. The molecule has 7 nitrogen and oxygen atoms in total. The third-order valence-electron chi connectivity index (χ3n) is 2.73. The molecule has 0 aliphatic rings. The van der Waals surface area contributed by atoms with E-state index in [1.165, 1.54) is 37.6 Å². The molecule has 2 aromatic rings. The lowest BCUT2D eigenvalue weighted by Crippen LogP contribution is -2.16. The van der Waals surface area contributed by atoms with Gasteiger partial charge in [0.25, 0.3) is 5.91 Å². The number of H-pyrrole nitrogens is 1. The van der Waals surface area contributed by atoms with Crippen LogP contribution in [0.2, 0.25) is 0 Å². The number of carboxylic acid groups (broad SMARTS) is 1. The molecule has 0 spiro atoms. The van der Waals surface area contributed by atoms with E-state index >= 15 is 0 Å². The number of pyridine rings is 1. The van der Waals surface area contributed by atoms with E-state index in [9.17, 15) is 14.4 Å². The van der Waals surface area contributed by atoms with Crippen molar-refractivity contribution in [1.82, 2.24) is 4.98 Å². The number of carbonyl (C=O) groups excluding carboxylic acids is 1. The number of rotatable bonds is 4. The summed E-state index contributed by atoms with van der Waals surface area (Å²) in [6, 6.07) is 6.67. The molecule has 0 fully saturated rings. The quantitative estimate of drug-likeness (QED) is 0.786. The molecule has 1 aromatic heterocycles. The van der Waals surface area contributed by atoms with E-state index in [0.29, 0.717) is 5.75 Å². The highest BCUT2D eigenvalue weighted by Gasteiger charge is 2.13. The van der Waals surface area contributed by atoms with Gasteiger partial charge in [-0.25, -0.2) is 4.79 Å². The number of amides is 1. The van der Waals surface area contributed by atoms with Gasteiger partial charge < -0.3 is 20.1 Å². The van der Waals surface area contributed by atoms with Gasteiger partial charge in [-0.3, -0.25) is 9.59 Å². The number of hydrogen-bond acceptors (Lipinski definition) is 4.